The lowest BCUT2D eigenvalue weighted by atomic mass is 10.1. The van der Waals surface area contributed by atoms with Crippen LogP contribution in [0.2, 0.25) is 0 Å². The standard InChI is InChI=1S/C13H11F2N3O2S/c1-18(6-2-5-16)10-4-3-8(21-10)7-9-11(12(14)15)17-20-13(9)19/h3-4,7,12H,2,6H2,1H3/b9-7-. The summed E-state index contributed by atoms with van der Waals surface area (Å²) in [5, 5.41) is 12.5. The molecule has 110 valence electrons. The van der Waals surface area contributed by atoms with E-state index in [1.54, 1.807) is 12.1 Å². The molecular formula is C13H11F2N3O2S. The van der Waals surface area contributed by atoms with E-state index in [2.05, 4.69) is 9.99 Å². The van der Waals surface area contributed by atoms with Gasteiger partial charge in [0, 0.05) is 18.5 Å². The van der Waals surface area contributed by atoms with Crippen LogP contribution in [0.3, 0.4) is 0 Å². The molecule has 8 heteroatoms. The second-order valence-corrected chi connectivity index (χ2v) is 5.31. The fourth-order valence-electron chi connectivity index (χ4n) is 1.68. The minimum absolute atomic E-state index is 0.224. The van der Waals surface area contributed by atoms with Crippen LogP contribution in [0.1, 0.15) is 11.3 Å². The fourth-order valence-corrected chi connectivity index (χ4v) is 2.62. The van der Waals surface area contributed by atoms with E-state index in [-0.39, 0.29) is 5.57 Å². The van der Waals surface area contributed by atoms with E-state index in [4.69, 9.17) is 5.26 Å². The van der Waals surface area contributed by atoms with Gasteiger partial charge in [-0.15, -0.1) is 11.3 Å². The molecule has 0 saturated heterocycles. The first-order valence-electron chi connectivity index (χ1n) is 6.00. The highest BCUT2D eigenvalue weighted by atomic mass is 32.1. The zero-order valence-electron chi connectivity index (χ0n) is 11.0. The van der Waals surface area contributed by atoms with Crippen LogP contribution in [-0.4, -0.2) is 31.7 Å². The average Bonchev–Trinajstić information content (AvgIpc) is 3.05. The van der Waals surface area contributed by atoms with Crippen LogP contribution >= 0.6 is 11.3 Å². The molecule has 21 heavy (non-hydrogen) atoms. The number of thiophene rings is 1. The second kappa shape index (κ2) is 6.45. The third-order valence-electron chi connectivity index (χ3n) is 2.76. The predicted molar refractivity (Wildman–Crippen MR) is 75.3 cm³/mol. The van der Waals surface area contributed by atoms with Crippen molar-refractivity contribution in [3.8, 4) is 6.07 Å². The van der Waals surface area contributed by atoms with Gasteiger partial charge in [-0.2, -0.15) is 5.26 Å². The van der Waals surface area contributed by atoms with Crippen molar-refractivity contribution in [2.75, 3.05) is 18.5 Å². The summed E-state index contributed by atoms with van der Waals surface area (Å²) in [6.45, 7) is 0.568. The van der Waals surface area contributed by atoms with Crippen molar-refractivity contribution in [2.24, 2.45) is 5.16 Å². The summed E-state index contributed by atoms with van der Waals surface area (Å²) in [4.78, 5) is 18.2. The van der Waals surface area contributed by atoms with Crippen molar-refractivity contribution in [3.05, 3.63) is 22.6 Å². The van der Waals surface area contributed by atoms with Gasteiger partial charge in [-0.3, -0.25) is 0 Å². The molecule has 1 aromatic heterocycles. The Morgan fingerprint density at radius 1 is 1.57 bits per heavy atom. The molecule has 0 spiro atoms. The molecule has 1 aliphatic rings. The van der Waals surface area contributed by atoms with Crippen LogP contribution in [0.25, 0.3) is 6.08 Å². The second-order valence-electron chi connectivity index (χ2n) is 4.22. The number of anilines is 1. The molecule has 0 saturated carbocycles. The molecule has 0 amide bonds. The Balaban J connectivity index is 2.18. The highest BCUT2D eigenvalue weighted by Gasteiger charge is 2.32. The highest BCUT2D eigenvalue weighted by Crippen LogP contribution is 2.29. The SMILES string of the molecule is CN(CCC#N)c1ccc(/C=C2\C(=O)ON=C2C(F)F)s1. The number of nitrogens with zero attached hydrogens (tertiary/aromatic N) is 3. The molecule has 5 nitrogen and oxygen atoms in total. The Bertz CT molecular complexity index is 646. The van der Waals surface area contributed by atoms with E-state index in [0.717, 1.165) is 5.00 Å². The lowest BCUT2D eigenvalue weighted by Crippen LogP contribution is -2.16. The first-order valence-corrected chi connectivity index (χ1v) is 6.82. The smallest absolute Gasteiger partial charge is 0.365 e. The number of nitriles is 1. The van der Waals surface area contributed by atoms with Crippen molar-refractivity contribution in [1.29, 1.82) is 5.26 Å². The molecule has 0 aromatic carbocycles. The Morgan fingerprint density at radius 2 is 2.33 bits per heavy atom. The van der Waals surface area contributed by atoms with Crippen molar-refractivity contribution < 1.29 is 18.4 Å². The number of hydrogen-bond donors (Lipinski definition) is 0. The van der Waals surface area contributed by atoms with Gasteiger partial charge in [0.2, 0.25) is 0 Å². The number of halogens is 2. The summed E-state index contributed by atoms with van der Waals surface area (Å²) < 4.78 is 25.4. The van der Waals surface area contributed by atoms with Crippen molar-refractivity contribution in [3.63, 3.8) is 0 Å². The topological polar surface area (TPSA) is 65.7 Å². The summed E-state index contributed by atoms with van der Waals surface area (Å²) in [5.41, 5.74) is -0.870. The van der Waals surface area contributed by atoms with E-state index in [1.165, 1.54) is 17.4 Å². The molecule has 0 unspecified atom stereocenters. The summed E-state index contributed by atoms with van der Waals surface area (Å²) >= 11 is 1.33. The average molecular weight is 311 g/mol. The van der Waals surface area contributed by atoms with Gasteiger partial charge >= 0.3 is 5.97 Å². The Kier molecular flexibility index (Phi) is 4.65. The van der Waals surface area contributed by atoms with E-state index in [0.29, 0.717) is 17.8 Å². The van der Waals surface area contributed by atoms with Crippen LogP contribution < -0.4 is 4.90 Å². The largest absolute Gasteiger partial charge is 0.367 e. The number of rotatable bonds is 5. The quantitative estimate of drug-likeness (QED) is 0.619. The molecule has 0 radical (unpaired) electrons. The van der Waals surface area contributed by atoms with Gasteiger partial charge in [0.1, 0.15) is 0 Å². The van der Waals surface area contributed by atoms with Crippen LogP contribution in [0, 0.1) is 11.3 Å². The van der Waals surface area contributed by atoms with Crippen molar-refractivity contribution >= 4 is 34.1 Å². The number of hydrogen-bond acceptors (Lipinski definition) is 6. The first-order chi connectivity index (χ1) is 10.0. The van der Waals surface area contributed by atoms with Crippen LogP contribution in [0.4, 0.5) is 13.8 Å². The lowest BCUT2D eigenvalue weighted by molar-refractivity contribution is -0.136. The van der Waals surface area contributed by atoms with Crippen molar-refractivity contribution in [2.45, 2.75) is 12.8 Å². The summed E-state index contributed by atoms with van der Waals surface area (Å²) in [7, 11) is 1.83. The minimum Gasteiger partial charge on any atom is -0.365 e. The molecule has 0 aliphatic carbocycles. The van der Waals surface area contributed by atoms with Gasteiger partial charge in [-0.05, 0) is 18.2 Å². The first kappa shape index (κ1) is 15.1. The lowest BCUT2D eigenvalue weighted by Gasteiger charge is -2.14. The molecule has 1 aliphatic heterocycles. The van der Waals surface area contributed by atoms with Gasteiger partial charge in [0.25, 0.3) is 6.43 Å². The van der Waals surface area contributed by atoms with Crippen molar-refractivity contribution in [1.82, 2.24) is 0 Å². The Hall–Kier alpha value is -2.27. The normalized spacial score (nSPS) is 16.0. The molecular weight excluding hydrogens is 300 g/mol. The van der Waals surface area contributed by atoms with Gasteiger partial charge in [0.15, 0.2) is 5.71 Å². The maximum Gasteiger partial charge on any atom is 0.367 e. The van der Waals surface area contributed by atoms with Crippen LogP contribution in [-0.2, 0) is 9.63 Å². The summed E-state index contributed by atoms with van der Waals surface area (Å²) in [6, 6.07) is 5.56. The fraction of sp³-hybridized carbons (Fsp3) is 0.308. The number of oxime groups is 1. The molecule has 2 heterocycles. The summed E-state index contributed by atoms with van der Waals surface area (Å²) in [5.74, 6) is -0.877. The Morgan fingerprint density at radius 3 is 3.00 bits per heavy atom. The zero-order valence-corrected chi connectivity index (χ0v) is 11.9. The van der Waals surface area contributed by atoms with Crippen LogP contribution in [0.5, 0.6) is 0 Å². The van der Waals surface area contributed by atoms with Gasteiger partial charge in [-0.1, -0.05) is 5.16 Å². The van der Waals surface area contributed by atoms with E-state index >= 15 is 0 Å². The maximum atomic E-state index is 12.7. The molecule has 0 N–H and O–H groups in total. The third kappa shape index (κ3) is 3.44. The monoisotopic (exact) mass is 311 g/mol. The maximum absolute atomic E-state index is 12.7. The number of carbonyl (C=O) groups is 1. The summed E-state index contributed by atoms with van der Waals surface area (Å²) in [6.07, 6.45) is -1.13. The van der Waals surface area contributed by atoms with Gasteiger partial charge in [0.05, 0.1) is 23.1 Å². The number of alkyl halides is 2. The third-order valence-corrected chi connectivity index (χ3v) is 3.91. The zero-order chi connectivity index (χ0) is 15.4. The molecule has 0 bridgehead atoms. The molecule has 1 aromatic rings. The predicted octanol–water partition coefficient (Wildman–Crippen LogP) is 2.66. The number of carbonyl (C=O) groups excluding carboxylic acids is 1. The minimum atomic E-state index is -2.86. The molecule has 2 rings (SSSR count). The van der Waals surface area contributed by atoms with E-state index in [1.807, 2.05) is 18.0 Å². The van der Waals surface area contributed by atoms with Gasteiger partial charge < -0.3 is 9.74 Å². The van der Waals surface area contributed by atoms with Gasteiger partial charge in [-0.25, -0.2) is 13.6 Å². The van der Waals surface area contributed by atoms with E-state index < -0.39 is 18.1 Å². The highest BCUT2D eigenvalue weighted by molar-refractivity contribution is 7.17. The van der Waals surface area contributed by atoms with E-state index in [9.17, 15) is 13.6 Å². The van der Waals surface area contributed by atoms with Crippen LogP contribution in [0.15, 0.2) is 22.9 Å². The Labute approximate surface area is 123 Å². The molecule has 0 atom stereocenters. The molecule has 0 fully saturated rings.